The highest BCUT2D eigenvalue weighted by Gasteiger charge is 2.43. The van der Waals surface area contributed by atoms with Gasteiger partial charge >= 0.3 is 0 Å². The van der Waals surface area contributed by atoms with Crippen LogP contribution in [0.15, 0.2) is 30.3 Å². The van der Waals surface area contributed by atoms with Crippen LogP contribution in [0, 0.1) is 5.92 Å². The van der Waals surface area contributed by atoms with Crippen LogP contribution in [-0.2, 0) is 14.3 Å². The Labute approximate surface area is 142 Å². The van der Waals surface area contributed by atoms with Crippen molar-refractivity contribution >= 4 is 17.5 Å². The number of amides is 2. The number of primary amides is 1. The van der Waals surface area contributed by atoms with Crippen molar-refractivity contribution in [2.45, 2.75) is 25.4 Å². The maximum atomic E-state index is 12.3. The number of carbonyl (C=O) groups excluding carboxylic acids is 2. The standard InChI is InChI=1S/C18H25N3O3/c1-18(14-7-9-20(10-8-14)11-16(19)22)13-21(17(23)12-24-18)15-5-3-2-4-6-15/h2-6,14H,7-13H2,1H3,(H2,19,22)/t18-/m0/s1. The van der Waals surface area contributed by atoms with Gasteiger partial charge in [-0.3, -0.25) is 14.5 Å². The fourth-order valence-corrected chi connectivity index (χ4v) is 3.76. The number of para-hydroxylation sites is 1. The van der Waals surface area contributed by atoms with E-state index in [0.717, 1.165) is 31.6 Å². The highest BCUT2D eigenvalue weighted by atomic mass is 16.5. The van der Waals surface area contributed by atoms with E-state index in [1.165, 1.54) is 0 Å². The number of morpholine rings is 1. The van der Waals surface area contributed by atoms with Gasteiger partial charge in [0.25, 0.3) is 5.91 Å². The first kappa shape index (κ1) is 16.9. The van der Waals surface area contributed by atoms with Crippen molar-refractivity contribution in [3.63, 3.8) is 0 Å². The fourth-order valence-electron chi connectivity index (χ4n) is 3.76. The van der Waals surface area contributed by atoms with Crippen LogP contribution < -0.4 is 10.6 Å². The Morgan fingerprint density at radius 2 is 1.96 bits per heavy atom. The van der Waals surface area contributed by atoms with Gasteiger partial charge in [0.2, 0.25) is 5.91 Å². The molecule has 2 aliphatic heterocycles. The zero-order valence-electron chi connectivity index (χ0n) is 14.1. The summed E-state index contributed by atoms with van der Waals surface area (Å²) >= 11 is 0. The molecule has 0 radical (unpaired) electrons. The molecular weight excluding hydrogens is 306 g/mol. The first-order valence-corrected chi connectivity index (χ1v) is 8.48. The van der Waals surface area contributed by atoms with E-state index in [-0.39, 0.29) is 24.0 Å². The molecule has 6 heteroatoms. The largest absolute Gasteiger partial charge is 0.369 e. The summed E-state index contributed by atoms with van der Waals surface area (Å²) in [7, 11) is 0. The van der Waals surface area contributed by atoms with Gasteiger partial charge in [-0.05, 0) is 50.9 Å². The second-order valence-electron chi connectivity index (χ2n) is 6.93. The lowest BCUT2D eigenvalue weighted by molar-refractivity contribution is -0.146. The van der Waals surface area contributed by atoms with Gasteiger partial charge in [0.15, 0.2) is 0 Å². The number of likely N-dealkylation sites (tertiary alicyclic amines) is 1. The average molecular weight is 331 g/mol. The van der Waals surface area contributed by atoms with Crippen LogP contribution in [0.3, 0.4) is 0 Å². The highest BCUT2D eigenvalue weighted by Crippen LogP contribution is 2.35. The first-order chi connectivity index (χ1) is 11.5. The van der Waals surface area contributed by atoms with Crippen LogP contribution in [-0.4, -0.2) is 55.1 Å². The summed E-state index contributed by atoms with van der Waals surface area (Å²) in [6, 6.07) is 9.75. The lowest BCUT2D eigenvalue weighted by Gasteiger charge is -2.47. The SMILES string of the molecule is C[C@@]1(C2CCN(CC(N)=O)CC2)CN(c2ccccc2)C(=O)CO1. The minimum Gasteiger partial charge on any atom is -0.369 e. The van der Waals surface area contributed by atoms with E-state index in [9.17, 15) is 9.59 Å². The number of hydrogen-bond acceptors (Lipinski definition) is 4. The molecule has 6 nitrogen and oxygen atoms in total. The van der Waals surface area contributed by atoms with Crippen LogP contribution in [0.5, 0.6) is 0 Å². The molecule has 3 rings (SSSR count). The van der Waals surface area contributed by atoms with Gasteiger partial charge in [-0.15, -0.1) is 0 Å². The normalized spacial score (nSPS) is 26.5. The lowest BCUT2D eigenvalue weighted by atomic mass is 9.80. The third-order valence-corrected chi connectivity index (χ3v) is 5.20. The lowest BCUT2D eigenvalue weighted by Crippen LogP contribution is -2.58. The summed E-state index contributed by atoms with van der Waals surface area (Å²) in [5.74, 6) is 0.0835. The molecule has 130 valence electrons. The maximum Gasteiger partial charge on any atom is 0.253 e. The van der Waals surface area contributed by atoms with Gasteiger partial charge in [0.05, 0.1) is 18.7 Å². The molecule has 1 atom stereocenters. The van der Waals surface area contributed by atoms with E-state index in [1.807, 2.05) is 35.2 Å². The molecule has 2 fully saturated rings. The van der Waals surface area contributed by atoms with Crippen molar-refractivity contribution in [2.75, 3.05) is 37.7 Å². The summed E-state index contributed by atoms with van der Waals surface area (Å²) in [5, 5.41) is 0. The monoisotopic (exact) mass is 331 g/mol. The molecule has 0 unspecified atom stereocenters. The Balaban J connectivity index is 1.67. The molecule has 2 saturated heterocycles. The maximum absolute atomic E-state index is 12.3. The van der Waals surface area contributed by atoms with Gasteiger partial charge < -0.3 is 15.4 Å². The van der Waals surface area contributed by atoms with Crippen LogP contribution in [0.2, 0.25) is 0 Å². The van der Waals surface area contributed by atoms with Crippen molar-refractivity contribution in [3.05, 3.63) is 30.3 Å². The number of ether oxygens (including phenoxy) is 1. The second-order valence-corrected chi connectivity index (χ2v) is 6.93. The molecular formula is C18H25N3O3. The van der Waals surface area contributed by atoms with Crippen LogP contribution in [0.25, 0.3) is 0 Å². The molecule has 1 aromatic rings. The Hall–Kier alpha value is -1.92. The zero-order chi connectivity index (χ0) is 17.2. The molecule has 0 spiro atoms. The van der Waals surface area contributed by atoms with Gasteiger partial charge in [-0.2, -0.15) is 0 Å². The van der Waals surface area contributed by atoms with Crippen molar-refractivity contribution in [1.82, 2.24) is 4.90 Å². The summed E-state index contributed by atoms with van der Waals surface area (Å²) in [5.41, 5.74) is 5.84. The molecule has 0 aliphatic carbocycles. The van der Waals surface area contributed by atoms with Gasteiger partial charge in [-0.1, -0.05) is 18.2 Å². The molecule has 0 aromatic heterocycles. The second kappa shape index (κ2) is 6.91. The molecule has 2 heterocycles. The smallest absolute Gasteiger partial charge is 0.253 e. The predicted molar refractivity (Wildman–Crippen MR) is 91.5 cm³/mol. The van der Waals surface area contributed by atoms with E-state index in [0.29, 0.717) is 19.0 Å². The number of benzene rings is 1. The zero-order valence-corrected chi connectivity index (χ0v) is 14.1. The third kappa shape index (κ3) is 3.60. The molecule has 2 aliphatic rings. The highest BCUT2D eigenvalue weighted by molar-refractivity contribution is 5.95. The Morgan fingerprint density at radius 3 is 2.58 bits per heavy atom. The number of nitrogens with zero attached hydrogens (tertiary/aromatic N) is 2. The van der Waals surface area contributed by atoms with E-state index in [2.05, 4.69) is 11.8 Å². The minimum atomic E-state index is -0.359. The summed E-state index contributed by atoms with van der Waals surface area (Å²) < 4.78 is 5.98. The first-order valence-electron chi connectivity index (χ1n) is 8.48. The summed E-state index contributed by atoms with van der Waals surface area (Å²) in [4.78, 5) is 27.3. The summed E-state index contributed by atoms with van der Waals surface area (Å²) in [6.45, 7) is 4.78. The van der Waals surface area contributed by atoms with Crippen molar-refractivity contribution in [2.24, 2.45) is 11.7 Å². The Morgan fingerprint density at radius 1 is 1.29 bits per heavy atom. The number of nitrogens with two attached hydrogens (primary N) is 1. The number of rotatable bonds is 4. The number of piperidine rings is 1. The van der Waals surface area contributed by atoms with Gasteiger partial charge in [0, 0.05) is 5.69 Å². The topological polar surface area (TPSA) is 75.9 Å². The van der Waals surface area contributed by atoms with Crippen LogP contribution in [0.1, 0.15) is 19.8 Å². The summed E-state index contributed by atoms with van der Waals surface area (Å²) in [6.07, 6.45) is 1.89. The predicted octanol–water partition coefficient (Wildman–Crippen LogP) is 1.01. The van der Waals surface area contributed by atoms with Gasteiger partial charge in [-0.25, -0.2) is 0 Å². The molecule has 2 amide bonds. The van der Waals surface area contributed by atoms with Crippen LogP contribution in [0.4, 0.5) is 5.69 Å². The number of anilines is 1. The fraction of sp³-hybridized carbons (Fsp3) is 0.556. The van der Waals surface area contributed by atoms with E-state index < -0.39 is 0 Å². The Kier molecular flexibility index (Phi) is 4.87. The van der Waals surface area contributed by atoms with Crippen LogP contribution >= 0.6 is 0 Å². The van der Waals surface area contributed by atoms with Gasteiger partial charge in [0.1, 0.15) is 6.61 Å². The number of hydrogen-bond donors (Lipinski definition) is 1. The van der Waals surface area contributed by atoms with E-state index in [4.69, 9.17) is 10.5 Å². The van der Waals surface area contributed by atoms with E-state index in [1.54, 1.807) is 0 Å². The number of carbonyl (C=O) groups is 2. The quantitative estimate of drug-likeness (QED) is 0.893. The van der Waals surface area contributed by atoms with Crippen molar-refractivity contribution in [3.8, 4) is 0 Å². The van der Waals surface area contributed by atoms with Crippen molar-refractivity contribution < 1.29 is 14.3 Å². The third-order valence-electron chi connectivity index (χ3n) is 5.20. The molecule has 24 heavy (non-hydrogen) atoms. The Bertz CT molecular complexity index is 599. The van der Waals surface area contributed by atoms with Crippen molar-refractivity contribution in [1.29, 1.82) is 0 Å². The molecule has 0 saturated carbocycles. The average Bonchev–Trinajstić information content (AvgIpc) is 2.58. The molecule has 1 aromatic carbocycles. The minimum absolute atomic E-state index is 0.00448. The molecule has 0 bridgehead atoms. The molecule has 2 N–H and O–H groups in total. The van der Waals surface area contributed by atoms with E-state index >= 15 is 0 Å².